The highest BCUT2D eigenvalue weighted by molar-refractivity contribution is 7.93. The molecule has 5 nitrogen and oxygen atoms in total. The van der Waals surface area contributed by atoms with Gasteiger partial charge in [0.05, 0.1) is 12.0 Å². The van der Waals surface area contributed by atoms with E-state index >= 15 is 0 Å². The van der Waals surface area contributed by atoms with Gasteiger partial charge < -0.3 is 9.47 Å². The first kappa shape index (κ1) is 18.6. The number of ketones is 1. The smallest absolute Gasteiger partial charge is 0.191 e. The number of benzene rings is 2. The molecule has 2 atom stereocenters. The van der Waals surface area contributed by atoms with Gasteiger partial charge >= 0.3 is 0 Å². The minimum Gasteiger partial charge on any atom is -0.497 e. The molecule has 0 aromatic heterocycles. The van der Waals surface area contributed by atoms with Crippen LogP contribution in [-0.4, -0.2) is 32.2 Å². The van der Waals surface area contributed by atoms with Crippen molar-refractivity contribution in [2.45, 2.75) is 42.6 Å². The summed E-state index contributed by atoms with van der Waals surface area (Å²) in [5.74, 6) is 0.217. The Morgan fingerprint density at radius 2 is 1.58 bits per heavy atom. The van der Waals surface area contributed by atoms with Crippen LogP contribution in [0.3, 0.4) is 0 Å². The first-order valence-corrected chi connectivity index (χ1v) is 9.88. The Morgan fingerprint density at radius 1 is 1.00 bits per heavy atom. The van der Waals surface area contributed by atoms with Crippen LogP contribution < -0.4 is 4.74 Å². The number of carbonyl (C=O) groups is 1. The third-order valence-corrected chi connectivity index (χ3v) is 6.74. The summed E-state index contributed by atoms with van der Waals surface area (Å²) in [6, 6.07) is 13.4. The molecule has 0 aliphatic carbocycles. The third-order valence-electron chi connectivity index (χ3n) is 4.68. The van der Waals surface area contributed by atoms with Crippen molar-refractivity contribution in [2.75, 3.05) is 7.11 Å². The van der Waals surface area contributed by atoms with Crippen molar-refractivity contribution in [1.82, 2.24) is 0 Å². The summed E-state index contributed by atoms with van der Waals surface area (Å²) in [5, 5.41) is -1.28. The van der Waals surface area contributed by atoms with Gasteiger partial charge in [-0.05, 0) is 50.6 Å². The molecule has 0 radical (unpaired) electrons. The lowest BCUT2D eigenvalue weighted by molar-refractivity contribution is -0.129. The monoisotopic (exact) mass is 374 g/mol. The van der Waals surface area contributed by atoms with E-state index in [4.69, 9.17) is 9.47 Å². The Labute approximate surface area is 153 Å². The van der Waals surface area contributed by atoms with Gasteiger partial charge in [-0.2, -0.15) is 0 Å². The van der Waals surface area contributed by atoms with Crippen LogP contribution in [0.2, 0.25) is 0 Å². The molecule has 2 aromatic rings. The van der Waals surface area contributed by atoms with Crippen molar-refractivity contribution in [3.8, 4) is 5.75 Å². The quantitative estimate of drug-likeness (QED) is 0.821. The zero-order chi connectivity index (χ0) is 19.1. The Hall–Kier alpha value is -2.18. The van der Waals surface area contributed by atoms with E-state index in [1.54, 1.807) is 57.4 Å². The molecule has 0 amide bonds. The average molecular weight is 374 g/mol. The van der Waals surface area contributed by atoms with Crippen LogP contribution in [0, 0.1) is 6.92 Å². The number of sulfone groups is 1. The van der Waals surface area contributed by atoms with Crippen molar-refractivity contribution in [2.24, 2.45) is 0 Å². The van der Waals surface area contributed by atoms with Gasteiger partial charge in [-0.15, -0.1) is 0 Å². The zero-order valence-electron chi connectivity index (χ0n) is 15.2. The second kappa shape index (κ2) is 6.52. The number of hydrogen-bond acceptors (Lipinski definition) is 5. The second-order valence-electron chi connectivity index (χ2n) is 6.96. The zero-order valence-corrected chi connectivity index (χ0v) is 16.0. The minimum absolute atomic E-state index is 0.126. The third kappa shape index (κ3) is 3.15. The van der Waals surface area contributed by atoms with Crippen molar-refractivity contribution in [3.63, 3.8) is 0 Å². The van der Waals surface area contributed by atoms with E-state index in [0.29, 0.717) is 11.3 Å². The molecule has 0 bridgehead atoms. The number of carbonyl (C=O) groups excluding carboxylic acids is 1. The van der Waals surface area contributed by atoms with Crippen molar-refractivity contribution in [1.29, 1.82) is 0 Å². The fraction of sp³-hybridized carbons (Fsp3) is 0.350. The molecule has 1 heterocycles. The number of methoxy groups -OCH3 is 1. The Balaban J connectivity index is 2.08. The first-order valence-electron chi connectivity index (χ1n) is 8.33. The minimum atomic E-state index is -3.89. The van der Waals surface area contributed by atoms with Gasteiger partial charge in [-0.25, -0.2) is 8.42 Å². The van der Waals surface area contributed by atoms with E-state index in [-0.39, 0.29) is 4.90 Å². The van der Waals surface area contributed by atoms with E-state index in [1.807, 2.05) is 6.92 Å². The largest absolute Gasteiger partial charge is 0.497 e. The fourth-order valence-corrected chi connectivity index (χ4v) is 5.04. The summed E-state index contributed by atoms with van der Waals surface area (Å²) in [4.78, 5) is 13.0. The highest BCUT2D eigenvalue weighted by Crippen LogP contribution is 2.42. The summed E-state index contributed by atoms with van der Waals surface area (Å²) in [7, 11) is -2.34. The first-order chi connectivity index (χ1) is 12.2. The van der Waals surface area contributed by atoms with Crippen LogP contribution in [0.5, 0.6) is 5.75 Å². The topological polar surface area (TPSA) is 69.7 Å². The SMILES string of the molecule is COc1ccc([C@@H]2OC(C)(C)C(=O)[C@H]2S(=O)(=O)c2ccc(C)cc2)cc1. The van der Waals surface area contributed by atoms with Gasteiger partial charge in [0, 0.05) is 0 Å². The highest BCUT2D eigenvalue weighted by atomic mass is 32.2. The average Bonchev–Trinajstić information content (AvgIpc) is 2.85. The summed E-state index contributed by atoms with van der Waals surface area (Å²) in [6.45, 7) is 5.09. The van der Waals surface area contributed by atoms with E-state index in [1.165, 1.54) is 12.1 Å². The van der Waals surface area contributed by atoms with Crippen LogP contribution in [0.25, 0.3) is 0 Å². The second-order valence-corrected chi connectivity index (χ2v) is 9.03. The summed E-state index contributed by atoms with van der Waals surface area (Å²) in [6.07, 6.45) is -0.866. The summed E-state index contributed by atoms with van der Waals surface area (Å²) < 4.78 is 37.5. The van der Waals surface area contributed by atoms with Gasteiger partial charge in [0.1, 0.15) is 17.5 Å². The maximum Gasteiger partial charge on any atom is 0.191 e. The number of aryl methyl sites for hydroxylation is 1. The van der Waals surface area contributed by atoms with Crippen molar-refractivity contribution < 1.29 is 22.7 Å². The Kier molecular flexibility index (Phi) is 4.67. The van der Waals surface area contributed by atoms with Crippen LogP contribution in [0.15, 0.2) is 53.4 Å². The Bertz CT molecular complexity index is 912. The normalized spacial score (nSPS) is 22.4. The number of rotatable bonds is 4. The van der Waals surface area contributed by atoms with Gasteiger partial charge in [0.2, 0.25) is 0 Å². The molecule has 2 aromatic carbocycles. The summed E-state index contributed by atoms with van der Waals surface area (Å²) in [5.41, 5.74) is 0.405. The molecular formula is C20H22O5S. The van der Waals surface area contributed by atoms with Crippen molar-refractivity contribution >= 4 is 15.6 Å². The molecule has 1 aliphatic heterocycles. The molecule has 1 fully saturated rings. The van der Waals surface area contributed by atoms with Gasteiger partial charge in [0.25, 0.3) is 0 Å². The van der Waals surface area contributed by atoms with Gasteiger partial charge in [0.15, 0.2) is 20.9 Å². The molecule has 0 N–H and O–H groups in total. The molecular weight excluding hydrogens is 352 g/mol. The van der Waals surface area contributed by atoms with E-state index in [9.17, 15) is 13.2 Å². The van der Waals surface area contributed by atoms with E-state index < -0.39 is 32.6 Å². The maximum atomic E-state index is 13.2. The van der Waals surface area contributed by atoms with Crippen LogP contribution in [-0.2, 0) is 19.4 Å². The molecule has 1 aliphatic rings. The van der Waals surface area contributed by atoms with Crippen LogP contribution in [0.4, 0.5) is 0 Å². The van der Waals surface area contributed by atoms with Crippen molar-refractivity contribution in [3.05, 3.63) is 59.7 Å². The lowest BCUT2D eigenvalue weighted by atomic mass is 10.0. The maximum absolute atomic E-state index is 13.2. The molecule has 3 rings (SSSR count). The van der Waals surface area contributed by atoms with E-state index in [2.05, 4.69) is 0 Å². The fourth-order valence-electron chi connectivity index (χ4n) is 3.13. The lowest BCUT2D eigenvalue weighted by Gasteiger charge is -2.19. The molecule has 0 spiro atoms. The van der Waals surface area contributed by atoms with Gasteiger partial charge in [-0.1, -0.05) is 29.8 Å². The Morgan fingerprint density at radius 3 is 2.12 bits per heavy atom. The lowest BCUT2D eigenvalue weighted by Crippen LogP contribution is -2.37. The molecule has 138 valence electrons. The van der Waals surface area contributed by atoms with Crippen LogP contribution >= 0.6 is 0 Å². The molecule has 0 unspecified atom stereocenters. The summed E-state index contributed by atoms with van der Waals surface area (Å²) >= 11 is 0. The predicted molar refractivity (Wildman–Crippen MR) is 98.1 cm³/mol. The highest BCUT2D eigenvalue weighted by Gasteiger charge is 2.55. The van der Waals surface area contributed by atoms with E-state index in [0.717, 1.165) is 5.56 Å². The number of ether oxygens (including phenoxy) is 2. The van der Waals surface area contributed by atoms with Crippen LogP contribution in [0.1, 0.15) is 31.1 Å². The molecule has 6 heteroatoms. The predicted octanol–water partition coefficient (Wildman–Crippen LogP) is 3.27. The molecule has 0 saturated carbocycles. The number of Topliss-reactive ketones (excluding diaryl/α,β-unsaturated/α-hetero) is 1. The molecule has 26 heavy (non-hydrogen) atoms. The van der Waals surface area contributed by atoms with Gasteiger partial charge in [-0.3, -0.25) is 4.79 Å². The number of hydrogen-bond donors (Lipinski definition) is 0. The molecule has 1 saturated heterocycles. The standard InChI is InChI=1S/C20H22O5S/c1-13-5-11-16(12-6-13)26(22,23)18-17(25-20(2,3)19(18)21)14-7-9-15(24-4)10-8-14/h5-12,17-18H,1-4H3/t17-,18-/m0/s1.